The predicted octanol–water partition coefficient (Wildman–Crippen LogP) is 1.99. The van der Waals surface area contributed by atoms with E-state index in [0.717, 1.165) is 25.7 Å². The second kappa shape index (κ2) is 4.52. The zero-order chi connectivity index (χ0) is 10.7. The first-order valence-electron chi connectivity index (χ1n) is 6.18. The van der Waals surface area contributed by atoms with Crippen molar-refractivity contribution in [3.8, 4) is 0 Å². The van der Waals surface area contributed by atoms with Gasteiger partial charge in [0.2, 0.25) is 0 Å². The first-order valence-corrected chi connectivity index (χ1v) is 6.18. The summed E-state index contributed by atoms with van der Waals surface area (Å²) in [4.78, 5) is 11.8. The summed E-state index contributed by atoms with van der Waals surface area (Å²) >= 11 is 0. The second-order valence-electron chi connectivity index (χ2n) is 5.00. The second-order valence-corrected chi connectivity index (χ2v) is 5.00. The molecule has 0 aliphatic heterocycles. The lowest BCUT2D eigenvalue weighted by Gasteiger charge is -2.19. The number of esters is 1. The largest absolute Gasteiger partial charge is 0.462 e. The van der Waals surface area contributed by atoms with Gasteiger partial charge in [-0.3, -0.25) is 4.79 Å². The topological polar surface area (TPSA) is 52.3 Å². The van der Waals surface area contributed by atoms with Crippen LogP contribution in [0, 0.1) is 5.41 Å². The Morgan fingerprint density at radius 2 is 1.80 bits per heavy atom. The average molecular weight is 211 g/mol. The van der Waals surface area contributed by atoms with Crippen LogP contribution in [0.4, 0.5) is 0 Å². The third-order valence-corrected chi connectivity index (χ3v) is 3.75. The fourth-order valence-corrected chi connectivity index (χ4v) is 2.28. The molecule has 0 bridgehead atoms. The van der Waals surface area contributed by atoms with Crippen molar-refractivity contribution in [2.24, 2.45) is 11.1 Å². The molecule has 2 saturated carbocycles. The normalized spacial score (nSPS) is 25.7. The Bertz CT molecular complexity index is 228. The molecule has 0 saturated heterocycles. The summed E-state index contributed by atoms with van der Waals surface area (Å²) in [7, 11) is 0. The molecule has 0 amide bonds. The minimum atomic E-state index is -0.285. The molecule has 0 unspecified atom stereocenters. The Morgan fingerprint density at radius 1 is 1.20 bits per heavy atom. The van der Waals surface area contributed by atoms with Gasteiger partial charge in [-0.15, -0.1) is 0 Å². The molecule has 0 atom stereocenters. The van der Waals surface area contributed by atoms with Crippen LogP contribution in [0.1, 0.15) is 51.4 Å². The van der Waals surface area contributed by atoms with Crippen molar-refractivity contribution in [2.75, 3.05) is 6.54 Å². The van der Waals surface area contributed by atoms with Gasteiger partial charge in [-0.05, 0) is 38.5 Å². The monoisotopic (exact) mass is 211 g/mol. The molecule has 2 rings (SSSR count). The lowest BCUT2D eigenvalue weighted by Crippen LogP contribution is -2.30. The molecule has 2 fully saturated rings. The number of ether oxygens (including phenoxy) is 1. The van der Waals surface area contributed by atoms with E-state index in [-0.39, 0.29) is 17.5 Å². The third kappa shape index (κ3) is 2.51. The fraction of sp³-hybridized carbons (Fsp3) is 0.917. The summed E-state index contributed by atoms with van der Waals surface area (Å²) in [5, 5.41) is 0. The molecule has 2 aliphatic rings. The van der Waals surface area contributed by atoms with Crippen LogP contribution in [-0.4, -0.2) is 18.6 Å². The molecule has 0 aromatic heterocycles. The average Bonchev–Trinajstić information content (AvgIpc) is 3.03. The van der Waals surface area contributed by atoms with E-state index in [1.165, 1.54) is 25.7 Å². The van der Waals surface area contributed by atoms with E-state index >= 15 is 0 Å². The molecule has 0 heterocycles. The molecule has 3 heteroatoms. The van der Waals surface area contributed by atoms with Crippen LogP contribution in [0.5, 0.6) is 0 Å². The van der Waals surface area contributed by atoms with Crippen LogP contribution >= 0.6 is 0 Å². The fourth-order valence-electron chi connectivity index (χ4n) is 2.28. The SMILES string of the molecule is NCC1(C(=O)OC2CCCCCC2)CC1. The maximum atomic E-state index is 11.8. The van der Waals surface area contributed by atoms with Crippen molar-refractivity contribution in [2.45, 2.75) is 57.5 Å². The maximum Gasteiger partial charge on any atom is 0.313 e. The van der Waals surface area contributed by atoms with E-state index in [1.54, 1.807) is 0 Å². The number of hydrogen-bond acceptors (Lipinski definition) is 3. The lowest BCUT2D eigenvalue weighted by molar-refractivity contribution is -0.156. The van der Waals surface area contributed by atoms with E-state index in [0.29, 0.717) is 6.54 Å². The highest BCUT2D eigenvalue weighted by Crippen LogP contribution is 2.46. The highest BCUT2D eigenvalue weighted by atomic mass is 16.5. The molecule has 0 radical (unpaired) electrons. The Morgan fingerprint density at radius 3 is 2.27 bits per heavy atom. The molecule has 15 heavy (non-hydrogen) atoms. The Labute approximate surface area is 91.4 Å². The summed E-state index contributed by atoms with van der Waals surface area (Å²) in [6, 6.07) is 0. The molecule has 0 aromatic carbocycles. The van der Waals surface area contributed by atoms with Gasteiger partial charge in [0.15, 0.2) is 0 Å². The summed E-state index contributed by atoms with van der Waals surface area (Å²) < 4.78 is 5.57. The number of nitrogens with two attached hydrogens (primary N) is 1. The van der Waals surface area contributed by atoms with Gasteiger partial charge in [-0.25, -0.2) is 0 Å². The lowest BCUT2D eigenvalue weighted by atomic mass is 10.1. The van der Waals surface area contributed by atoms with E-state index in [4.69, 9.17) is 10.5 Å². The molecule has 86 valence electrons. The van der Waals surface area contributed by atoms with Gasteiger partial charge in [0.05, 0.1) is 5.41 Å². The standard InChI is InChI=1S/C12H21NO2/c13-9-12(7-8-12)11(14)15-10-5-3-1-2-4-6-10/h10H,1-9,13H2. The van der Waals surface area contributed by atoms with Crippen LogP contribution in [0.15, 0.2) is 0 Å². The van der Waals surface area contributed by atoms with Crippen LogP contribution in [0.3, 0.4) is 0 Å². The van der Waals surface area contributed by atoms with Gasteiger partial charge in [0.1, 0.15) is 6.10 Å². The van der Waals surface area contributed by atoms with E-state index < -0.39 is 0 Å². The summed E-state index contributed by atoms with van der Waals surface area (Å²) in [5.41, 5.74) is 5.32. The highest BCUT2D eigenvalue weighted by molar-refractivity contribution is 5.80. The molecule has 0 aromatic rings. The van der Waals surface area contributed by atoms with Gasteiger partial charge in [0.25, 0.3) is 0 Å². The van der Waals surface area contributed by atoms with Crippen LogP contribution in [0.2, 0.25) is 0 Å². The zero-order valence-corrected chi connectivity index (χ0v) is 9.34. The zero-order valence-electron chi connectivity index (χ0n) is 9.34. The number of hydrogen-bond donors (Lipinski definition) is 1. The molecule has 3 nitrogen and oxygen atoms in total. The third-order valence-electron chi connectivity index (χ3n) is 3.75. The van der Waals surface area contributed by atoms with Crippen molar-refractivity contribution >= 4 is 5.97 Å². The van der Waals surface area contributed by atoms with Gasteiger partial charge in [-0.1, -0.05) is 12.8 Å². The first-order chi connectivity index (χ1) is 7.27. The van der Waals surface area contributed by atoms with Gasteiger partial charge in [-0.2, -0.15) is 0 Å². The predicted molar refractivity (Wildman–Crippen MR) is 58.3 cm³/mol. The molecular formula is C12H21NO2. The number of carbonyl (C=O) groups excluding carboxylic acids is 1. The van der Waals surface area contributed by atoms with Gasteiger partial charge >= 0.3 is 5.97 Å². The highest BCUT2D eigenvalue weighted by Gasteiger charge is 2.50. The van der Waals surface area contributed by atoms with Crippen molar-refractivity contribution in [1.29, 1.82) is 0 Å². The van der Waals surface area contributed by atoms with Gasteiger partial charge < -0.3 is 10.5 Å². The van der Waals surface area contributed by atoms with E-state index in [1.807, 2.05) is 0 Å². The molecule has 0 spiro atoms. The summed E-state index contributed by atoms with van der Waals surface area (Å²) in [5.74, 6) is -0.0306. The minimum Gasteiger partial charge on any atom is -0.462 e. The van der Waals surface area contributed by atoms with Crippen LogP contribution < -0.4 is 5.73 Å². The van der Waals surface area contributed by atoms with Crippen molar-refractivity contribution in [3.05, 3.63) is 0 Å². The van der Waals surface area contributed by atoms with Crippen molar-refractivity contribution in [3.63, 3.8) is 0 Å². The van der Waals surface area contributed by atoms with Crippen LogP contribution in [0.25, 0.3) is 0 Å². The van der Waals surface area contributed by atoms with Crippen molar-refractivity contribution in [1.82, 2.24) is 0 Å². The van der Waals surface area contributed by atoms with Gasteiger partial charge in [0, 0.05) is 6.54 Å². The number of rotatable bonds is 3. The van der Waals surface area contributed by atoms with E-state index in [9.17, 15) is 4.79 Å². The Hall–Kier alpha value is -0.570. The maximum absolute atomic E-state index is 11.8. The summed E-state index contributed by atoms with van der Waals surface area (Å²) in [6.45, 7) is 0.457. The quantitative estimate of drug-likeness (QED) is 0.573. The molecular weight excluding hydrogens is 190 g/mol. The molecule has 2 N–H and O–H groups in total. The summed E-state index contributed by atoms with van der Waals surface area (Å²) in [6.07, 6.45) is 9.10. The molecule has 2 aliphatic carbocycles. The first kappa shape index (κ1) is 10.9. The van der Waals surface area contributed by atoms with Crippen LogP contribution in [-0.2, 0) is 9.53 Å². The van der Waals surface area contributed by atoms with E-state index in [2.05, 4.69) is 0 Å². The Balaban J connectivity index is 1.82. The van der Waals surface area contributed by atoms with Crippen molar-refractivity contribution < 1.29 is 9.53 Å². The Kier molecular flexibility index (Phi) is 3.29. The smallest absolute Gasteiger partial charge is 0.313 e. The number of carbonyl (C=O) groups is 1. The minimum absolute atomic E-state index is 0.0306.